The highest BCUT2D eigenvalue weighted by atomic mass is 16.5. The van der Waals surface area contributed by atoms with Crippen molar-refractivity contribution in [3.8, 4) is 28.5 Å². The van der Waals surface area contributed by atoms with Crippen LogP contribution in [0.15, 0.2) is 77.8 Å². The summed E-state index contributed by atoms with van der Waals surface area (Å²) >= 11 is 0. The zero-order valence-electron chi connectivity index (χ0n) is 17.9. The van der Waals surface area contributed by atoms with Crippen LogP contribution in [-0.4, -0.2) is 45.3 Å². The van der Waals surface area contributed by atoms with E-state index < -0.39 is 0 Å². The number of hydrogen-bond donors (Lipinski definition) is 0. The molecule has 1 fully saturated rings. The molecule has 0 N–H and O–H groups in total. The van der Waals surface area contributed by atoms with E-state index >= 15 is 0 Å². The zero-order chi connectivity index (χ0) is 22.2. The van der Waals surface area contributed by atoms with Crippen molar-refractivity contribution >= 4 is 16.7 Å². The van der Waals surface area contributed by atoms with Gasteiger partial charge in [-0.05, 0) is 30.3 Å². The Morgan fingerprint density at radius 2 is 1.88 bits per heavy atom. The quantitative estimate of drug-likeness (QED) is 0.402. The van der Waals surface area contributed by atoms with Crippen LogP contribution in [-0.2, 0) is 0 Å². The Labute approximate surface area is 189 Å². The van der Waals surface area contributed by atoms with Gasteiger partial charge >= 0.3 is 0 Å². The molecule has 0 aliphatic carbocycles. The standard InChI is InChI=1S/C25H20N6O2/c1-32-19-7-4-6-17(11-19)23-24(29-21(12-26-23)25-27-15-33-30-25)18-13-31(14-18)22-10-9-16-5-2-3-8-20(16)28-22/h2-12,15,18H,13-14H2,1H3. The number of fused-ring (bicyclic) bond motifs is 1. The van der Waals surface area contributed by atoms with Gasteiger partial charge in [0.1, 0.15) is 17.3 Å². The summed E-state index contributed by atoms with van der Waals surface area (Å²) in [6, 6.07) is 20.2. The molecule has 8 nitrogen and oxygen atoms in total. The van der Waals surface area contributed by atoms with Crippen LogP contribution in [0.25, 0.3) is 33.7 Å². The van der Waals surface area contributed by atoms with Crippen molar-refractivity contribution < 1.29 is 9.26 Å². The van der Waals surface area contributed by atoms with Gasteiger partial charge < -0.3 is 14.2 Å². The second-order valence-corrected chi connectivity index (χ2v) is 7.94. The molecule has 33 heavy (non-hydrogen) atoms. The van der Waals surface area contributed by atoms with Crippen LogP contribution in [0.3, 0.4) is 0 Å². The molecule has 0 radical (unpaired) electrons. The average Bonchev–Trinajstić information content (AvgIpc) is 3.38. The second kappa shape index (κ2) is 7.98. The summed E-state index contributed by atoms with van der Waals surface area (Å²) in [7, 11) is 1.66. The Morgan fingerprint density at radius 3 is 2.73 bits per heavy atom. The van der Waals surface area contributed by atoms with Gasteiger partial charge in [-0.25, -0.2) is 9.97 Å². The van der Waals surface area contributed by atoms with E-state index in [1.165, 1.54) is 6.39 Å². The molecule has 2 aromatic carbocycles. The monoisotopic (exact) mass is 436 g/mol. The van der Waals surface area contributed by atoms with Gasteiger partial charge in [0.25, 0.3) is 0 Å². The number of aromatic nitrogens is 5. The van der Waals surface area contributed by atoms with Crippen LogP contribution in [0, 0.1) is 0 Å². The normalized spacial score (nSPS) is 13.8. The number of para-hydroxylation sites is 1. The fraction of sp³-hybridized carbons (Fsp3) is 0.160. The predicted molar refractivity (Wildman–Crippen MR) is 124 cm³/mol. The van der Waals surface area contributed by atoms with Crippen LogP contribution < -0.4 is 9.64 Å². The second-order valence-electron chi connectivity index (χ2n) is 7.94. The van der Waals surface area contributed by atoms with E-state index in [4.69, 9.17) is 24.2 Å². The maximum absolute atomic E-state index is 5.41. The predicted octanol–water partition coefficient (Wildman–Crippen LogP) is 4.35. The number of nitrogens with zero attached hydrogens (tertiary/aromatic N) is 6. The lowest BCUT2D eigenvalue weighted by Gasteiger charge is -2.40. The number of benzene rings is 2. The van der Waals surface area contributed by atoms with Crippen LogP contribution in [0.5, 0.6) is 5.75 Å². The largest absolute Gasteiger partial charge is 0.497 e. The van der Waals surface area contributed by atoms with E-state index in [1.54, 1.807) is 13.3 Å². The first-order valence-corrected chi connectivity index (χ1v) is 10.7. The van der Waals surface area contributed by atoms with E-state index in [-0.39, 0.29) is 5.92 Å². The summed E-state index contributed by atoms with van der Waals surface area (Å²) < 4.78 is 10.3. The molecule has 4 heterocycles. The Morgan fingerprint density at radius 1 is 0.970 bits per heavy atom. The van der Waals surface area contributed by atoms with Crippen molar-refractivity contribution in [3.05, 3.63) is 78.9 Å². The molecule has 5 aromatic rings. The van der Waals surface area contributed by atoms with E-state index in [1.807, 2.05) is 42.5 Å². The molecule has 0 atom stereocenters. The molecule has 1 aliphatic heterocycles. The first-order chi connectivity index (χ1) is 16.3. The maximum Gasteiger partial charge on any atom is 0.222 e. The molecule has 1 saturated heterocycles. The smallest absolute Gasteiger partial charge is 0.222 e. The van der Waals surface area contributed by atoms with Crippen LogP contribution in [0.4, 0.5) is 5.82 Å². The summed E-state index contributed by atoms with van der Waals surface area (Å²) in [6.07, 6.45) is 2.98. The number of pyridine rings is 1. The number of methoxy groups -OCH3 is 1. The Bertz CT molecular complexity index is 1430. The highest BCUT2D eigenvalue weighted by molar-refractivity contribution is 5.80. The van der Waals surface area contributed by atoms with Gasteiger partial charge in [-0.1, -0.05) is 35.5 Å². The van der Waals surface area contributed by atoms with E-state index in [0.29, 0.717) is 11.5 Å². The number of ether oxygens (including phenoxy) is 1. The molecule has 0 amide bonds. The highest BCUT2D eigenvalue weighted by Gasteiger charge is 2.33. The lowest BCUT2D eigenvalue weighted by Crippen LogP contribution is -2.46. The molecule has 3 aromatic heterocycles. The minimum atomic E-state index is 0.193. The first kappa shape index (κ1) is 19.4. The van der Waals surface area contributed by atoms with Gasteiger partial charge in [0, 0.05) is 30.0 Å². The lowest BCUT2D eigenvalue weighted by molar-refractivity contribution is 0.415. The molecule has 8 heteroatoms. The fourth-order valence-corrected chi connectivity index (χ4v) is 4.14. The van der Waals surface area contributed by atoms with Gasteiger partial charge in [-0.3, -0.25) is 4.98 Å². The van der Waals surface area contributed by atoms with E-state index in [2.05, 4.69) is 33.2 Å². The Balaban J connectivity index is 1.34. The van der Waals surface area contributed by atoms with Crippen molar-refractivity contribution in [2.24, 2.45) is 0 Å². The van der Waals surface area contributed by atoms with Gasteiger partial charge in [0.05, 0.1) is 30.2 Å². The Kier molecular flexibility index (Phi) is 4.68. The summed E-state index contributed by atoms with van der Waals surface area (Å²) in [5.74, 6) is 2.36. The third-order valence-electron chi connectivity index (χ3n) is 5.91. The summed E-state index contributed by atoms with van der Waals surface area (Å²) in [6.45, 7) is 1.60. The number of anilines is 1. The SMILES string of the molecule is COc1cccc(-c2ncc(-c3ncon3)nc2C2CN(c3ccc4ccccc4n3)C2)c1. The molecule has 162 valence electrons. The molecule has 0 saturated carbocycles. The third-order valence-corrected chi connectivity index (χ3v) is 5.91. The van der Waals surface area contributed by atoms with E-state index in [9.17, 15) is 0 Å². The molecule has 0 spiro atoms. The first-order valence-electron chi connectivity index (χ1n) is 10.7. The van der Waals surface area contributed by atoms with Crippen molar-refractivity contribution in [1.29, 1.82) is 0 Å². The van der Waals surface area contributed by atoms with Gasteiger partial charge in [0.15, 0.2) is 0 Å². The van der Waals surface area contributed by atoms with Crippen molar-refractivity contribution in [2.75, 3.05) is 25.1 Å². The number of hydrogen-bond acceptors (Lipinski definition) is 8. The topological polar surface area (TPSA) is 90.1 Å². The zero-order valence-corrected chi connectivity index (χ0v) is 17.9. The molecule has 0 bridgehead atoms. The van der Waals surface area contributed by atoms with Gasteiger partial charge in [0.2, 0.25) is 12.2 Å². The molecule has 0 unspecified atom stereocenters. The summed E-state index contributed by atoms with van der Waals surface area (Å²) in [5, 5.41) is 5.06. The van der Waals surface area contributed by atoms with E-state index in [0.717, 1.165) is 52.5 Å². The van der Waals surface area contributed by atoms with Gasteiger partial charge in [-0.15, -0.1) is 0 Å². The summed E-state index contributed by atoms with van der Waals surface area (Å²) in [5.41, 5.74) is 4.28. The minimum absolute atomic E-state index is 0.193. The van der Waals surface area contributed by atoms with Crippen molar-refractivity contribution in [3.63, 3.8) is 0 Å². The molecule has 1 aliphatic rings. The average molecular weight is 436 g/mol. The third kappa shape index (κ3) is 3.55. The van der Waals surface area contributed by atoms with Crippen molar-refractivity contribution in [2.45, 2.75) is 5.92 Å². The van der Waals surface area contributed by atoms with Crippen molar-refractivity contribution in [1.82, 2.24) is 25.1 Å². The minimum Gasteiger partial charge on any atom is -0.497 e. The molecular formula is C25H20N6O2. The Hall–Kier alpha value is -4.33. The van der Waals surface area contributed by atoms with Crippen LogP contribution >= 0.6 is 0 Å². The number of rotatable bonds is 5. The van der Waals surface area contributed by atoms with Crippen LogP contribution in [0.2, 0.25) is 0 Å². The summed E-state index contributed by atoms with van der Waals surface area (Å²) in [4.78, 5) is 20.9. The lowest BCUT2D eigenvalue weighted by atomic mass is 9.92. The maximum atomic E-state index is 5.41. The molecule has 6 rings (SSSR count). The van der Waals surface area contributed by atoms with Gasteiger partial charge in [-0.2, -0.15) is 4.98 Å². The fourth-order valence-electron chi connectivity index (χ4n) is 4.14. The molecular weight excluding hydrogens is 416 g/mol. The van der Waals surface area contributed by atoms with Crippen LogP contribution in [0.1, 0.15) is 11.6 Å². The highest BCUT2D eigenvalue weighted by Crippen LogP contribution is 2.36.